The maximum absolute atomic E-state index is 5.72. The van der Waals surface area contributed by atoms with Crippen molar-refractivity contribution in [2.24, 2.45) is 5.92 Å². The summed E-state index contributed by atoms with van der Waals surface area (Å²) in [5.74, 6) is 1.75. The Kier molecular flexibility index (Phi) is 6.07. The number of hydrogen-bond donors (Lipinski definition) is 1. The predicted molar refractivity (Wildman–Crippen MR) is 88.8 cm³/mol. The van der Waals surface area contributed by atoms with Crippen LogP contribution in [0.5, 0.6) is 5.75 Å². The predicted octanol–water partition coefficient (Wildman–Crippen LogP) is 3.47. The lowest BCUT2D eigenvalue weighted by molar-refractivity contribution is 0.131. The van der Waals surface area contributed by atoms with Crippen LogP contribution >= 0.6 is 0 Å². The van der Waals surface area contributed by atoms with Crippen molar-refractivity contribution in [3.8, 4) is 5.75 Å². The molecule has 3 heteroatoms. The van der Waals surface area contributed by atoms with Crippen molar-refractivity contribution in [3.63, 3.8) is 0 Å². The van der Waals surface area contributed by atoms with Gasteiger partial charge in [0.2, 0.25) is 0 Å². The zero-order valence-corrected chi connectivity index (χ0v) is 13.9. The average Bonchev–Trinajstić information content (AvgIpc) is 2.47. The summed E-state index contributed by atoms with van der Waals surface area (Å²) in [5.41, 5.74) is 1.39. The molecule has 2 unspecified atom stereocenters. The first-order valence-corrected chi connectivity index (χ1v) is 8.25. The summed E-state index contributed by atoms with van der Waals surface area (Å²) >= 11 is 0. The molecular formula is C18H30N2O. The van der Waals surface area contributed by atoms with E-state index in [4.69, 9.17) is 4.74 Å². The minimum atomic E-state index is 0.234. The third-order valence-corrected chi connectivity index (χ3v) is 4.33. The van der Waals surface area contributed by atoms with E-state index in [-0.39, 0.29) is 6.10 Å². The monoisotopic (exact) mass is 290 g/mol. The molecule has 2 rings (SSSR count). The second kappa shape index (κ2) is 7.81. The standard InChI is InChI=1S/C18H30N2O/c1-14(2)21-18-9-7-17(8-10-18)15(3)20-11-5-6-16(13-20)12-19-4/h7-10,14-16,19H,5-6,11-13H2,1-4H3. The topological polar surface area (TPSA) is 24.5 Å². The second-order valence-electron chi connectivity index (χ2n) is 6.47. The number of nitrogens with zero attached hydrogens (tertiary/aromatic N) is 1. The summed E-state index contributed by atoms with van der Waals surface area (Å²) in [6.45, 7) is 9.99. The Balaban J connectivity index is 1.97. The summed E-state index contributed by atoms with van der Waals surface area (Å²) in [5, 5.41) is 3.32. The van der Waals surface area contributed by atoms with Crippen LogP contribution in [-0.2, 0) is 0 Å². The van der Waals surface area contributed by atoms with Crippen molar-refractivity contribution in [1.82, 2.24) is 10.2 Å². The molecule has 1 saturated heterocycles. The van der Waals surface area contributed by atoms with E-state index < -0.39 is 0 Å². The lowest BCUT2D eigenvalue weighted by Gasteiger charge is -2.37. The van der Waals surface area contributed by atoms with Crippen LogP contribution in [0.3, 0.4) is 0 Å². The Labute approximate surface area is 129 Å². The van der Waals surface area contributed by atoms with Crippen LogP contribution < -0.4 is 10.1 Å². The Bertz CT molecular complexity index is 414. The number of rotatable bonds is 6. The van der Waals surface area contributed by atoms with Gasteiger partial charge in [-0.2, -0.15) is 0 Å². The van der Waals surface area contributed by atoms with Crippen molar-refractivity contribution >= 4 is 0 Å². The normalized spacial score (nSPS) is 21.5. The first kappa shape index (κ1) is 16.3. The van der Waals surface area contributed by atoms with Crippen molar-refractivity contribution in [3.05, 3.63) is 29.8 Å². The second-order valence-corrected chi connectivity index (χ2v) is 6.47. The van der Waals surface area contributed by atoms with E-state index in [2.05, 4.69) is 62.3 Å². The van der Waals surface area contributed by atoms with Gasteiger partial charge in [-0.15, -0.1) is 0 Å². The highest BCUT2D eigenvalue weighted by molar-refractivity contribution is 5.29. The largest absolute Gasteiger partial charge is 0.491 e. The number of hydrogen-bond acceptors (Lipinski definition) is 3. The lowest BCUT2D eigenvalue weighted by atomic mass is 9.95. The number of ether oxygens (including phenoxy) is 1. The highest BCUT2D eigenvalue weighted by Crippen LogP contribution is 2.27. The summed E-state index contributed by atoms with van der Waals surface area (Å²) in [6, 6.07) is 9.10. The average molecular weight is 290 g/mol. The number of nitrogens with one attached hydrogen (secondary N) is 1. The van der Waals surface area contributed by atoms with Crippen molar-refractivity contribution in [2.75, 3.05) is 26.7 Å². The summed E-state index contributed by atoms with van der Waals surface area (Å²) in [4.78, 5) is 2.61. The molecular weight excluding hydrogens is 260 g/mol. The van der Waals surface area contributed by atoms with Crippen molar-refractivity contribution in [1.29, 1.82) is 0 Å². The Morgan fingerprint density at radius 1 is 1.24 bits per heavy atom. The van der Waals surface area contributed by atoms with Crippen LogP contribution in [0.15, 0.2) is 24.3 Å². The number of piperidine rings is 1. The molecule has 0 aliphatic carbocycles. The summed E-state index contributed by atoms with van der Waals surface area (Å²) in [6.07, 6.45) is 2.90. The van der Waals surface area contributed by atoms with Crippen LogP contribution in [0.2, 0.25) is 0 Å². The fraction of sp³-hybridized carbons (Fsp3) is 0.667. The van der Waals surface area contributed by atoms with Gasteiger partial charge in [0.05, 0.1) is 6.10 Å². The molecule has 1 aromatic carbocycles. The summed E-state index contributed by atoms with van der Waals surface area (Å²) < 4.78 is 5.72. The molecule has 21 heavy (non-hydrogen) atoms. The van der Waals surface area contributed by atoms with Crippen LogP contribution in [0.25, 0.3) is 0 Å². The quantitative estimate of drug-likeness (QED) is 0.868. The number of benzene rings is 1. The van der Waals surface area contributed by atoms with Gasteiger partial charge in [0.15, 0.2) is 0 Å². The van der Waals surface area contributed by atoms with E-state index in [9.17, 15) is 0 Å². The Morgan fingerprint density at radius 3 is 2.57 bits per heavy atom. The molecule has 0 aromatic heterocycles. The molecule has 1 heterocycles. The molecule has 1 aliphatic rings. The first-order chi connectivity index (χ1) is 10.1. The first-order valence-electron chi connectivity index (χ1n) is 8.25. The van der Waals surface area contributed by atoms with E-state index in [1.165, 1.54) is 31.5 Å². The van der Waals surface area contributed by atoms with Crippen LogP contribution in [0.1, 0.15) is 45.2 Å². The van der Waals surface area contributed by atoms with Gasteiger partial charge in [-0.25, -0.2) is 0 Å². The molecule has 1 fully saturated rings. The molecule has 1 aromatic rings. The van der Waals surface area contributed by atoms with Crippen LogP contribution in [0.4, 0.5) is 0 Å². The maximum Gasteiger partial charge on any atom is 0.119 e. The third-order valence-electron chi connectivity index (χ3n) is 4.33. The zero-order chi connectivity index (χ0) is 15.2. The minimum Gasteiger partial charge on any atom is -0.491 e. The molecule has 0 saturated carbocycles. The fourth-order valence-electron chi connectivity index (χ4n) is 3.21. The van der Waals surface area contributed by atoms with Gasteiger partial charge in [0.1, 0.15) is 5.75 Å². The van der Waals surface area contributed by atoms with Crippen LogP contribution in [0, 0.1) is 5.92 Å². The molecule has 1 N–H and O–H groups in total. The van der Waals surface area contributed by atoms with Gasteiger partial charge in [-0.3, -0.25) is 4.90 Å². The third kappa shape index (κ3) is 4.72. The van der Waals surface area contributed by atoms with Gasteiger partial charge >= 0.3 is 0 Å². The molecule has 0 amide bonds. The van der Waals surface area contributed by atoms with E-state index in [0.29, 0.717) is 6.04 Å². The molecule has 118 valence electrons. The van der Waals surface area contributed by atoms with Gasteiger partial charge in [0.25, 0.3) is 0 Å². The van der Waals surface area contributed by atoms with Gasteiger partial charge in [-0.1, -0.05) is 12.1 Å². The van der Waals surface area contributed by atoms with E-state index in [0.717, 1.165) is 18.2 Å². The number of likely N-dealkylation sites (tertiary alicyclic amines) is 1. The minimum absolute atomic E-state index is 0.234. The molecule has 3 nitrogen and oxygen atoms in total. The molecule has 0 bridgehead atoms. The fourth-order valence-corrected chi connectivity index (χ4v) is 3.21. The van der Waals surface area contributed by atoms with Gasteiger partial charge in [0, 0.05) is 12.6 Å². The van der Waals surface area contributed by atoms with Crippen LogP contribution in [-0.4, -0.2) is 37.7 Å². The molecule has 0 radical (unpaired) electrons. The molecule has 1 aliphatic heterocycles. The summed E-state index contributed by atoms with van der Waals surface area (Å²) in [7, 11) is 2.05. The van der Waals surface area contributed by atoms with E-state index >= 15 is 0 Å². The van der Waals surface area contributed by atoms with E-state index in [1.807, 2.05) is 0 Å². The van der Waals surface area contributed by atoms with Crippen molar-refractivity contribution in [2.45, 2.75) is 45.8 Å². The smallest absolute Gasteiger partial charge is 0.119 e. The lowest BCUT2D eigenvalue weighted by Crippen LogP contribution is -2.40. The zero-order valence-electron chi connectivity index (χ0n) is 13.9. The highest BCUT2D eigenvalue weighted by Gasteiger charge is 2.23. The van der Waals surface area contributed by atoms with Crippen molar-refractivity contribution < 1.29 is 4.74 Å². The Morgan fingerprint density at radius 2 is 1.95 bits per heavy atom. The van der Waals surface area contributed by atoms with Gasteiger partial charge < -0.3 is 10.1 Å². The SMILES string of the molecule is CNCC1CCCN(C(C)c2ccc(OC(C)C)cc2)C1. The molecule has 2 atom stereocenters. The molecule has 0 spiro atoms. The van der Waals surface area contributed by atoms with E-state index in [1.54, 1.807) is 0 Å². The van der Waals surface area contributed by atoms with Gasteiger partial charge in [-0.05, 0) is 77.4 Å². The Hall–Kier alpha value is -1.06. The highest BCUT2D eigenvalue weighted by atomic mass is 16.5. The maximum atomic E-state index is 5.72.